The molecule has 0 aliphatic heterocycles. The molecule has 2 aromatic carbocycles. The molecule has 0 aliphatic carbocycles. The fourth-order valence-electron chi connectivity index (χ4n) is 2.46. The number of carbonyl (C=O) groups excluding carboxylic acids is 2. The molecule has 6 nitrogen and oxygen atoms in total. The molecular formula is C21H26N2O4. The lowest BCUT2D eigenvalue weighted by molar-refractivity contribution is 0.0846. The molecule has 0 bridgehead atoms. The smallest absolute Gasteiger partial charge is 0.269 e. The quantitative estimate of drug-likeness (QED) is 0.790. The first kappa shape index (κ1) is 20.3. The Bertz CT molecular complexity index is 808. The molecule has 0 atom stereocenters. The number of benzene rings is 2. The average Bonchev–Trinajstić information content (AvgIpc) is 2.65. The van der Waals surface area contributed by atoms with Crippen LogP contribution >= 0.6 is 0 Å². The summed E-state index contributed by atoms with van der Waals surface area (Å²) in [5, 5.41) is 0. The van der Waals surface area contributed by atoms with Crippen molar-refractivity contribution in [2.45, 2.75) is 33.1 Å². The number of carbonyl (C=O) groups is 2. The number of rotatable bonds is 5. The van der Waals surface area contributed by atoms with E-state index in [0.717, 1.165) is 5.56 Å². The predicted molar refractivity (Wildman–Crippen MR) is 104 cm³/mol. The summed E-state index contributed by atoms with van der Waals surface area (Å²) in [6.07, 6.45) is 0. The van der Waals surface area contributed by atoms with Crippen molar-refractivity contribution in [3.05, 3.63) is 59.2 Å². The van der Waals surface area contributed by atoms with E-state index in [2.05, 4.69) is 31.6 Å². The van der Waals surface area contributed by atoms with Gasteiger partial charge < -0.3 is 9.47 Å². The summed E-state index contributed by atoms with van der Waals surface area (Å²) in [7, 11) is 1.50. The number of ether oxygens (including phenoxy) is 2. The second-order valence-electron chi connectivity index (χ2n) is 7.03. The van der Waals surface area contributed by atoms with Gasteiger partial charge in [-0.2, -0.15) is 0 Å². The van der Waals surface area contributed by atoms with Gasteiger partial charge in [-0.15, -0.1) is 0 Å². The maximum Gasteiger partial charge on any atom is 0.269 e. The number of hydrazine groups is 1. The molecule has 144 valence electrons. The molecule has 0 aromatic heterocycles. The molecule has 0 unspecified atom stereocenters. The van der Waals surface area contributed by atoms with E-state index in [-0.39, 0.29) is 11.3 Å². The largest absolute Gasteiger partial charge is 0.493 e. The average molecular weight is 370 g/mol. The minimum Gasteiger partial charge on any atom is -0.493 e. The molecule has 2 N–H and O–H groups in total. The standard InChI is InChI=1S/C21H26N2O4/c1-6-27-17-12-9-15(13-18(17)26-5)20(25)23-22-19(24)14-7-10-16(11-8-14)21(2,3)4/h7-13H,6H2,1-5H3,(H,22,24)(H,23,25). The molecule has 6 heteroatoms. The minimum absolute atomic E-state index is 0.00985. The van der Waals surface area contributed by atoms with E-state index in [1.54, 1.807) is 30.3 Å². The zero-order valence-electron chi connectivity index (χ0n) is 16.4. The lowest BCUT2D eigenvalue weighted by atomic mass is 9.87. The Morgan fingerprint density at radius 3 is 1.96 bits per heavy atom. The predicted octanol–water partition coefficient (Wildman–Crippen LogP) is 3.47. The highest BCUT2D eigenvalue weighted by Crippen LogP contribution is 2.28. The van der Waals surface area contributed by atoms with Crippen LogP contribution in [0.3, 0.4) is 0 Å². The van der Waals surface area contributed by atoms with Crippen LogP contribution in [0.15, 0.2) is 42.5 Å². The summed E-state index contributed by atoms with van der Waals surface area (Å²) >= 11 is 0. The Morgan fingerprint density at radius 1 is 0.889 bits per heavy atom. The summed E-state index contributed by atoms with van der Waals surface area (Å²) in [5.74, 6) is 0.172. The van der Waals surface area contributed by atoms with Crippen molar-refractivity contribution in [3.63, 3.8) is 0 Å². The van der Waals surface area contributed by atoms with Crippen molar-refractivity contribution >= 4 is 11.8 Å². The van der Waals surface area contributed by atoms with E-state index in [9.17, 15) is 9.59 Å². The zero-order chi connectivity index (χ0) is 20.0. The third-order valence-electron chi connectivity index (χ3n) is 4.03. The molecule has 2 aromatic rings. The molecule has 2 amide bonds. The van der Waals surface area contributed by atoms with Crippen LogP contribution in [0.25, 0.3) is 0 Å². The van der Waals surface area contributed by atoms with Crippen molar-refractivity contribution in [1.82, 2.24) is 10.9 Å². The first-order valence-corrected chi connectivity index (χ1v) is 8.78. The van der Waals surface area contributed by atoms with Crippen molar-refractivity contribution in [2.24, 2.45) is 0 Å². The molecule has 27 heavy (non-hydrogen) atoms. The molecule has 0 radical (unpaired) electrons. The van der Waals surface area contributed by atoms with Crippen LogP contribution in [0.1, 0.15) is 54.0 Å². The van der Waals surface area contributed by atoms with Gasteiger partial charge in [-0.1, -0.05) is 32.9 Å². The first-order valence-electron chi connectivity index (χ1n) is 8.78. The lowest BCUT2D eigenvalue weighted by Gasteiger charge is -2.19. The molecule has 0 heterocycles. The molecule has 0 saturated heterocycles. The van der Waals surface area contributed by atoms with E-state index in [1.165, 1.54) is 7.11 Å². The van der Waals surface area contributed by atoms with Crippen molar-refractivity contribution in [1.29, 1.82) is 0 Å². The van der Waals surface area contributed by atoms with Crippen molar-refractivity contribution in [2.75, 3.05) is 13.7 Å². The maximum atomic E-state index is 12.3. The Hall–Kier alpha value is -3.02. The van der Waals surface area contributed by atoms with Crippen LogP contribution in [-0.2, 0) is 5.41 Å². The molecule has 0 aliphatic rings. The Labute approximate surface area is 159 Å². The first-order chi connectivity index (χ1) is 12.8. The second-order valence-corrected chi connectivity index (χ2v) is 7.03. The van der Waals surface area contributed by atoms with Crippen LogP contribution < -0.4 is 20.3 Å². The topological polar surface area (TPSA) is 76.7 Å². The van der Waals surface area contributed by atoms with Gasteiger partial charge >= 0.3 is 0 Å². The molecule has 2 rings (SSSR count). The summed E-state index contributed by atoms with van der Waals surface area (Å²) < 4.78 is 10.7. The summed E-state index contributed by atoms with van der Waals surface area (Å²) in [4.78, 5) is 24.5. The van der Waals surface area contributed by atoms with Gasteiger partial charge in [0.25, 0.3) is 11.8 Å². The van der Waals surface area contributed by atoms with Gasteiger partial charge in [0.1, 0.15) is 0 Å². The van der Waals surface area contributed by atoms with E-state index in [1.807, 2.05) is 19.1 Å². The highest BCUT2D eigenvalue weighted by molar-refractivity contribution is 5.99. The number of methoxy groups -OCH3 is 1. The maximum absolute atomic E-state index is 12.3. The fraction of sp³-hybridized carbons (Fsp3) is 0.333. The van der Waals surface area contributed by atoms with Gasteiger partial charge in [-0.3, -0.25) is 20.4 Å². The number of hydrogen-bond acceptors (Lipinski definition) is 4. The van der Waals surface area contributed by atoms with Gasteiger partial charge in [0, 0.05) is 11.1 Å². The van der Waals surface area contributed by atoms with Crippen LogP contribution in [0.5, 0.6) is 11.5 Å². The molecule has 0 fully saturated rings. The lowest BCUT2D eigenvalue weighted by Crippen LogP contribution is -2.41. The van der Waals surface area contributed by atoms with Gasteiger partial charge in [-0.05, 0) is 48.2 Å². The highest BCUT2D eigenvalue weighted by atomic mass is 16.5. The van der Waals surface area contributed by atoms with E-state index < -0.39 is 5.91 Å². The zero-order valence-corrected chi connectivity index (χ0v) is 16.4. The highest BCUT2D eigenvalue weighted by Gasteiger charge is 2.15. The third kappa shape index (κ3) is 5.23. The minimum atomic E-state index is -0.448. The summed E-state index contributed by atoms with van der Waals surface area (Å²) in [6.45, 7) is 8.67. The number of hydrogen-bond donors (Lipinski definition) is 2. The van der Waals surface area contributed by atoms with Gasteiger partial charge in [-0.25, -0.2) is 0 Å². The van der Waals surface area contributed by atoms with Gasteiger partial charge in [0.05, 0.1) is 13.7 Å². The Morgan fingerprint density at radius 2 is 1.44 bits per heavy atom. The SMILES string of the molecule is CCOc1ccc(C(=O)NNC(=O)c2ccc(C(C)(C)C)cc2)cc1OC. The molecule has 0 saturated carbocycles. The third-order valence-corrected chi connectivity index (χ3v) is 4.03. The van der Waals surface area contributed by atoms with E-state index in [4.69, 9.17) is 9.47 Å². The van der Waals surface area contributed by atoms with Crippen LogP contribution in [0, 0.1) is 0 Å². The normalized spacial score (nSPS) is 10.9. The Balaban J connectivity index is 2.01. The van der Waals surface area contributed by atoms with Crippen LogP contribution in [0.2, 0.25) is 0 Å². The van der Waals surface area contributed by atoms with Crippen molar-refractivity contribution in [3.8, 4) is 11.5 Å². The van der Waals surface area contributed by atoms with Gasteiger partial charge in [0.15, 0.2) is 11.5 Å². The monoisotopic (exact) mass is 370 g/mol. The second kappa shape index (κ2) is 8.58. The fourth-order valence-corrected chi connectivity index (χ4v) is 2.46. The summed E-state index contributed by atoms with van der Waals surface area (Å²) in [6, 6.07) is 12.1. The summed E-state index contributed by atoms with van der Waals surface area (Å²) in [5.41, 5.74) is 6.78. The van der Waals surface area contributed by atoms with E-state index >= 15 is 0 Å². The molecular weight excluding hydrogens is 344 g/mol. The van der Waals surface area contributed by atoms with E-state index in [0.29, 0.717) is 29.2 Å². The van der Waals surface area contributed by atoms with Crippen LogP contribution in [-0.4, -0.2) is 25.5 Å². The van der Waals surface area contributed by atoms with Gasteiger partial charge in [0.2, 0.25) is 0 Å². The van der Waals surface area contributed by atoms with Crippen molar-refractivity contribution < 1.29 is 19.1 Å². The van der Waals surface area contributed by atoms with Crippen LogP contribution in [0.4, 0.5) is 0 Å². The number of amides is 2. The Kier molecular flexibility index (Phi) is 6.45. The number of nitrogens with one attached hydrogen (secondary N) is 2. The molecule has 0 spiro atoms.